The summed E-state index contributed by atoms with van der Waals surface area (Å²) in [5.74, 6) is 0. The molecule has 0 aliphatic heterocycles. The summed E-state index contributed by atoms with van der Waals surface area (Å²) in [4.78, 5) is 13.3. The third-order valence-corrected chi connectivity index (χ3v) is 4.21. The number of rotatable bonds is 3. The fourth-order valence-corrected chi connectivity index (χ4v) is 2.70. The smallest absolute Gasteiger partial charge is 0.187 e. The van der Waals surface area contributed by atoms with Crippen LogP contribution in [0.3, 0.4) is 0 Å². The van der Waals surface area contributed by atoms with Gasteiger partial charge < -0.3 is 5.11 Å². The van der Waals surface area contributed by atoms with Gasteiger partial charge in [0.15, 0.2) is 5.16 Å². The summed E-state index contributed by atoms with van der Waals surface area (Å²) in [6.07, 6.45) is 5.04. The van der Waals surface area contributed by atoms with E-state index in [2.05, 4.69) is 16.9 Å². The minimum atomic E-state index is -0.501. The van der Waals surface area contributed by atoms with Crippen LogP contribution in [0.15, 0.2) is 41.8 Å². The Kier molecular flexibility index (Phi) is 4.09. The molecular weight excluding hydrogens is 294 g/mol. The molecular formula is C17H17N3OS. The van der Waals surface area contributed by atoms with Crippen LogP contribution >= 0.6 is 11.8 Å². The van der Waals surface area contributed by atoms with E-state index in [1.165, 1.54) is 11.8 Å². The molecule has 1 unspecified atom stereocenters. The zero-order valence-corrected chi connectivity index (χ0v) is 13.6. The molecule has 0 aliphatic carbocycles. The van der Waals surface area contributed by atoms with Gasteiger partial charge in [0, 0.05) is 23.3 Å². The van der Waals surface area contributed by atoms with Gasteiger partial charge in [-0.1, -0.05) is 23.9 Å². The molecule has 22 heavy (non-hydrogen) atoms. The maximum absolute atomic E-state index is 9.75. The van der Waals surface area contributed by atoms with Gasteiger partial charge in [0.05, 0.1) is 17.3 Å². The quantitative estimate of drug-likeness (QED) is 0.589. The summed E-state index contributed by atoms with van der Waals surface area (Å²) in [6, 6.07) is 7.93. The summed E-state index contributed by atoms with van der Waals surface area (Å²) >= 11 is 1.51. The fraction of sp³-hybridized carbons (Fsp3) is 0.235. The van der Waals surface area contributed by atoms with E-state index in [0.29, 0.717) is 0 Å². The summed E-state index contributed by atoms with van der Waals surface area (Å²) in [5.41, 5.74) is 4.63. The molecule has 1 atom stereocenters. The molecule has 1 aromatic carbocycles. The van der Waals surface area contributed by atoms with Gasteiger partial charge in [-0.05, 0) is 43.4 Å². The Labute approximate surface area is 133 Å². The fourth-order valence-electron chi connectivity index (χ4n) is 2.38. The number of thioether (sulfide) groups is 1. The molecule has 0 fully saturated rings. The number of hydrogen-bond acceptors (Lipinski definition) is 5. The molecule has 0 saturated heterocycles. The molecule has 4 nitrogen and oxygen atoms in total. The van der Waals surface area contributed by atoms with Crippen LogP contribution in [-0.4, -0.2) is 26.3 Å². The first-order valence-electron chi connectivity index (χ1n) is 7.04. The van der Waals surface area contributed by atoms with E-state index in [4.69, 9.17) is 4.98 Å². The van der Waals surface area contributed by atoms with Gasteiger partial charge in [-0.2, -0.15) is 0 Å². The van der Waals surface area contributed by atoms with E-state index in [0.717, 1.165) is 38.4 Å². The molecule has 0 amide bonds. The van der Waals surface area contributed by atoms with Crippen molar-refractivity contribution in [3.05, 3.63) is 47.8 Å². The highest BCUT2D eigenvalue weighted by molar-refractivity contribution is 7.98. The van der Waals surface area contributed by atoms with Crippen molar-refractivity contribution in [2.75, 3.05) is 6.26 Å². The highest BCUT2D eigenvalue weighted by Gasteiger charge is 2.08. The Morgan fingerprint density at radius 1 is 1.14 bits per heavy atom. The second kappa shape index (κ2) is 6.02. The SMILES string of the molecule is CSc1ncc(-c2cc(C)c3ccc(C(C)O)cc3n2)cn1. The van der Waals surface area contributed by atoms with Crippen molar-refractivity contribution in [1.29, 1.82) is 0 Å². The largest absolute Gasteiger partial charge is 0.389 e. The normalized spacial score (nSPS) is 12.5. The van der Waals surface area contributed by atoms with Crippen molar-refractivity contribution in [1.82, 2.24) is 15.0 Å². The number of aliphatic hydroxyl groups excluding tert-OH is 1. The second-order valence-electron chi connectivity index (χ2n) is 5.24. The zero-order chi connectivity index (χ0) is 15.7. The molecule has 0 spiro atoms. The van der Waals surface area contributed by atoms with Gasteiger partial charge in [0.25, 0.3) is 0 Å². The zero-order valence-electron chi connectivity index (χ0n) is 12.7. The lowest BCUT2D eigenvalue weighted by atomic mass is 10.0. The van der Waals surface area contributed by atoms with E-state index < -0.39 is 6.10 Å². The van der Waals surface area contributed by atoms with Crippen molar-refractivity contribution >= 4 is 22.7 Å². The van der Waals surface area contributed by atoms with Crippen molar-refractivity contribution in [2.45, 2.75) is 25.1 Å². The number of aryl methyl sites for hydroxylation is 1. The number of aromatic nitrogens is 3. The summed E-state index contributed by atoms with van der Waals surface area (Å²) in [6.45, 7) is 3.82. The number of pyridine rings is 1. The van der Waals surface area contributed by atoms with Crippen LogP contribution in [0.1, 0.15) is 24.2 Å². The molecule has 0 saturated carbocycles. The van der Waals surface area contributed by atoms with Gasteiger partial charge >= 0.3 is 0 Å². The van der Waals surface area contributed by atoms with Crippen molar-refractivity contribution in [3.63, 3.8) is 0 Å². The lowest BCUT2D eigenvalue weighted by Gasteiger charge is -2.10. The number of nitrogens with zero attached hydrogens (tertiary/aromatic N) is 3. The van der Waals surface area contributed by atoms with Crippen molar-refractivity contribution < 1.29 is 5.11 Å². The van der Waals surface area contributed by atoms with E-state index in [9.17, 15) is 5.11 Å². The molecule has 5 heteroatoms. The first-order chi connectivity index (χ1) is 10.6. The third kappa shape index (κ3) is 2.82. The first kappa shape index (κ1) is 14.9. The first-order valence-corrected chi connectivity index (χ1v) is 8.26. The van der Waals surface area contributed by atoms with Crippen LogP contribution in [0.5, 0.6) is 0 Å². The van der Waals surface area contributed by atoms with Crippen molar-refractivity contribution in [2.24, 2.45) is 0 Å². The average molecular weight is 311 g/mol. The summed E-state index contributed by atoms with van der Waals surface area (Å²) in [7, 11) is 0. The lowest BCUT2D eigenvalue weighted by molar-refractivity contribution is 0.199. The summed E-state index contributed by atoms with van der Waals surface area (Å²) in [5, 5.41) is 11.6. The minimum Gasteiger partial charge on any atom is -0.389 e. The van der Waals surface area contributed by atoms with Crippen molar-refractivity contribution in [3.8, 4) is 11.3 Å². The Bertz CT molecular complexity index is 816. The average Bonchev–Trinajstić information content (AvgIpc) is 2.54. The predicted molar refractivity (Wildman–Crippen MR) is 89.9 cm³/mol. The Balaban J connectivity index is 2.13. The standard InChI is InChI=1S/C17H17N3OS/c1-10-6-15(13-8-18-17(22-3)19-9-13)20-16-7-12(11(2)21)4-5-14(10)16/h4-9,11,21H,1-3H3. The number of aliphatic hydroxyl groups is 1. The van der Waals surface area contributed by atoms with Crippen LogP contribution in [0.2, 0.25) is 0 Å². The van der Waals surface area contributed by atoms with Gasteiger partial charge in [0.2, 0.25) is 0 Å². The Morgan fingerprint density at radius 3 is 2.50 bits per heavy atom. The molecule has 0 bridgehead atoms. The van der Waals surface area contributed by atoms with E-state index in [1.54, 1.807) is 19.3 Å². The molecule has 0 radical (unpaired) electrons. The molecule has 0 aliphatic rings. The van der Waals surface area contributed by atoms with Gasteiger partial charge in [-0.3, -0.25) is 0 Å². The van der Waals surface area contributed by atoms with Crippen LogP contribution < -0.4 is 0 Å². The summed E-state index contributed by atoms with van der Waals surface area (Å²) < 4.78 is 0. The number of benzene rings is 1. The lowest BCUT2D eigenvalue weighted by Crippen LogP contribution is -1.95. The second-order valence-corrected chi connectivity index (χ2v) is 6.01. The molecule has 2 heterocycles. The van der Waals surface area contributed by atoms with Gasteiger partial charge in [0.1, 0.15) is 0 Å². The predicted octanol–water partition coefficient (Wildman–Crippen LogP) is 3.78. The molecule has 112 valence electrons. The number of hydrogen-bond donors (Lipinski definition) is 1. The maximum atomic E-state index is 9.75. The van der Waals surface area contributed by atoms with Gasteiger partial charge in [-0.15, -0.1) is 0 Å². The molecule has 1 N–H and O–H groups in total. The third-order valence-electron chi connectivity index (χ3n) is 3.63. The van der Waals surface area contributed by atoms with Crippen LogP contribution in [0.25, 0.3) is 22.2 Å². The van der Waals surface area contributed by atoms with E-state index in [-0.39, 0.29) is 0 Å². The highest BCUT2D eigenvalue weighted by Crippen LogP contribution is 2.26. The van der Waals surface area contributed by atoms with Crippen LogP contribution in [0, 0.1) is 6.92 Å². The topological polar surface area (TPSA) is 58.9 Å². The van der Waals surface area contributed by atoms with Gasteiger partial charge in [-0.25, -0.2) is 15.0 Å². The monoisotopic (exact) mass is 311 g/mol. The molecule has 3 aromatic rings. The maximum Gasteiger partial charge on any atom is 0.187 e. The van der Waals surface area contributed by atoms with Crippen LogP contribution in [0.4, 0.5) is 0 Å². The minimum absolute atomic E-state index is 0.501. The highest BCUT2D eigenvalue weighted by atomic mass is 32.2. The van der Waals surface area contributed by atoms with E-state index >= 15 is 0 Å². The molecule has 2 aromatic heterocycles. The number of fused-ring (bicyclic) bond motifs is 1. The van der Waals surface area contributed by atoms with Crippen LogP contribution in [-0.2, 0) is 0 Å². The Morgan fingerprint density at radius 2 is 1.86 bits per heavy atom. The Hall–Kier alpha value is -1.98. The van der Waals surface area contributed by atoms with E-state index in [1.807, 2.05) is 30.5 Å². The molecule has 3 rings (SSSR count).